The minimum Gasteiger partial charge on any atom is -0.338 e. The first-order chi connectivity index (χ1) is 7.60. The molecule has 0 N–H and O–H groups in total. The lowest BCUT2D eigenvalue weighted by Crippen LogP contribution is -2.37. The lowest BCUT2D eigenvalue weighted by atomic mass is 9.71. The summed E-state index contributed by atoms with van der Waals surface area (Å²) in [6.07, 6.45) is 5.43. The Morgan fingerprint density at radius 3 is 2.88 bits per heavy atom. The van der Waals surface area contributed by atoms with Gasteiger partial charge in [0, 0.05) is 19.5 Å². The van der Waals surface area contributed by atoms with Crippen LogP contribution >= 0.6 is 0 Å². The van der Waals surface area contributed by atoms with Gasteiger partial charge >= 0.3 is 0 Å². The quantitative estimate of drug-likeness (QED) is 0.663. The summed E-state index contributed by atoms with van der Waals surface area (Å²) >= 11 is 0. The van der Waals surface area contributed by atoms with Crippen LogP contribution in [0, 0.1) is 5.41 Å². The van der Waals surface area contributed by atoms with Crippen molar-refractivity contribution < 1.29 is 9.59 Å². The Bertz CT molecular complexity index is 383. The van der Waals surface area contributed by atoms with Crippen LogP contribution in [0.15, 0.2) is 24.3 Å². The number of rotatable bonds is 2. The maximum absolute atomic E-state index is 12.3. The molecule has 0 aromatic rings. The average molecular weight is 219 g/mol. The van der Waals surface area contributed by atoms with Crippen molar-refractivity contribution in [2.45, 2.75) is 26.2 Å². The fourth-order valence-electron chi connectivity index (χ4n) is 2.75. The average Bonchev–Trinajstić information content (AvgIpc) is 2.55. The number of allylic oxidation sites excluding steroid dienone is 1. The van der Waals surface area contributed by atoms with Gasteiger partial charge in [-0.1, -0.05) is 11.6 Å². The van der Waals surface area contributed by atoms with Gasteiger partial charge in [0.2, 0.25) is 5.91 Å². The number of likely N-dealkylation sites (tertiary alicyclic amines) is 1. The normalized spacial score (nSPS) is 29.8. The zero-order chi connectivity index (χ0) is 11.8. The van der Waals surface area contributed by atoms with Crippen molar-refractivity contribution in [3.05, 3.63) is 24.3 Å². The van der Waals surface area contributed by atoms with Crippen LogP contribution in [0.1, 0.15) is 26.2 Å². The van der Waals surface area contributed by atoms with E-state index in [9.17, 15) is 9.59 Å². The molecule has 1 fully saturated rings. The first kappa shape index (κ1) is 11.1. The zero-order valence-corrected chi connectivity index (χ0v) is 9.66. The van der Waals surface area contributed by atoms with Gasteiger partial charge in [0.25, 0.3) is 0 Å². The Labute approximate surface area is 95.8 Å². The van der Waals surface area contributed by atoms with Crippen molar-refractivity contribution in [3.8, 4) is 0 Å². The van der Waals surface area contributed by atoms with Gasteiger partial charge in [-0.05, 0) is 25.8 Å². The Morgan fingerprint density at radius 2 is 2.25 bits per heavy atom. The fourth-order valence-corrected chi connectivity index (χ4v) is 2.75. The van der Waals surface area contributed by atoms with E-state index in [4.69, 9.17) is 0 Å². The minimum atomic E-state index is -0.378. The van der Waals surface area contributed by atoms with E-state index >= 15 is 0 Å². The molecule has 0 aromatic carbocycles. The van der Waals surface area contributed by atoms with Gasteiger partial charge in [0.15, 0.2) is 5.78 Å². The molecule has 1 spiro atoms. The highest BCUT2D eigenvalue weighted by Gasteiger charge is 2.48. The molecule has 0 aromatic heterocycles. The van der Waals surface area contributed by atoms with E-state index in [1.54, 1.807) is 12.2 Å². The molecular weight excluding hydrogens is 202 g/mol. The third kappa shape index (κ3) is 1.51. The van der Waals surface area contributed by atoms with E-state index in [1.807, 2.05) is 11.8 Å². The molecule has 0 radical (unpaired) electrons. The zero-order valence-electron chi connectivity index (χ0n) is 9.66. The number of carbonyl (C=O) groups excluding carboxylic acids is 2. The van der Waals surface area contributed by atoms with E-state index in [0.717, 1.165) is 18.5 Å². The van der Waals surface area contributed by atoms with Crippen LogP contribution in [-0.4, -0.2) is 29.7 Å². The number of amides is 1. The van der Waals surface area contributed by atoms with Gasteiger partial charge in [-0.15, -0.1) is 6.58 Å². The molecule has 1 unspecified atom stereocenters. The first-order valence-corrected chi connectivity index (χ1v) is 5.72. The summed E-state index contributed by atoms with van der Waals surface area (Å²) in [4.78, 5) is 25.5. The Kier molecular flexibility index (Phi) is 2.70. The van der Waals surface area contributed by atoms with Gasteiger partial charge in [0.1, 0.15) is 0 Å². The third-order valence-corrected chi connectivity index (χ3v) is 3.79. The number of hydrogen-bond donors (Lipinski definition) is 0. The molecule has 2 aliphatic rings. The van der Waals surface area contributed by atoms with E-state index in [1.165, 1.54) is 0 Å². The van der Waals surface area contributed by atoms with E-state index in [2.05, 4.69) is 6.58 Å². The maximum atomic E-state index is 12.3. The minimum absolute atomic E-state index is 0.151. The topological polar surface area (TPSA) is 37.4 Å². The predicted molar refractivity (Wildman–Crippen MR) is 61.8 cm³/mol. The summed E-state index contributed by atoms with van der Waals surface area (Å²) in [7, 11) is 0. The Balaban J connectivity index is 2.28. The standard InChI is InChI=1S/C13H17NO2/c1-3-7-14-8-6-13(12(14)16)5-4-11(15)9-10(13)2/h3,9H,1,4-8H2,2H3. The van der Waals surface area contributed by atoms with Gasteiger partial charge in [0.05, 0.1) is 5.41 Å². The molecule has 0 saturated carbocycles. The second kappa shape index (κ2) is 3.89. The summed E-state index contributed by atoms with van der Waals surface area (Å²) in [6, 6.07) is 0. The molecule has 0 bridgehead atoms. The highest BCUT2D eigenvalue weighted by molar-refractivity contribution is 5.97. The molecule has 2 rings (SSSR count). The largest absolute Gasteiger partial charge is 0.338 e. The first-order valence-electron chi connectivity index (χ1n) is 5.72. The van der Waals surface area contributed by atoms with E-state index in [-0.39, 0.29) is 17.1 Å². The smallest absolute Gasteiger partial charge is 0.233 e. The number of hydrogen-bond acceptors (Lipinski definition) is 2. The molecule has 1 heterocycles. The van der Waals surface area contributed by atoms with Crippen molar-refractivity contribution in [1.82, 2.24) is 4.90 Å². The molecule has 16 heavy (non-hydrogen) atoms. The van der Waals surface area contributed by atoms with Gasteiger partial charge in [-0.3, -0.25) is 9.59 Å². The van der Waals surface area contributed by atoms with E-state index < -0.39 is 0 Å². The van der Waals surface area contributed by atoms with Crippen LogP contribution in [-0.2, 0) is 9.59 Å². The molecule has 3 nitrogen and oxygen atoms in total. The number of carbonyl (C=O) groups is 2. The second-order valence-electron chi connectivity index (χ2n) is 4.67. The van der Waals surface area contributed by atoms with Crippen LogP contribution in [0.25, 0.3) is 0 Å². The SMILES string of the molecule is C=CCN1CCC2(CCC(=O)C=C2C)C1=O. The highest BCUT2D eigenvalue weighted by Crippen LogP contribution is 2.45. The van der Waals surface area contributed by atoms with Crippen LogP contribution in [0.2, 0.25) is 0 Å². The molecular formula is C13H17NO2. The maximum Gasteiger partial charge on any atom is 0.233 e. The van der Waals surface area contributed by atoms with Crippen LogP contribution in [0.4, 0.5) is 0 Å². The highest BCUT2D eigenvalue weighted by atomic mass is 16.2. The predicted octanol–water partition coefficient (Wildman–Crippen LogP) is 1.70. The summed E-state index contributed by atoms with van der Waals surface area (Å²) in [5.74, 6) is 0.326. The van der Waals surface area contributed by atoms with Gasteiger partial charge in [-0.2, -0.15) is 0 Å². The van der Waals surface area contributed by atoms with Crippen molar-refractivity contribution in [2.24, 2.45) is 5.41 Å². The molecule has 86 valence electrons. The Morgan fingerprint density at radius 1 is 1.50 bits per heavy atom. The lowest BCUT2D eigenvalue weighted by Gasteiger charge is -2.31. The summed E-state index contributed by atoms with van der Waals surface area (Å²) in [6.45, 7) is 6.96. The molecule has 1 aliphatic heterocycles. The molecule has 1 saturated heterocycles. The lowest BCUT2D eigenvalue weighted by molar-refractivity contribution is -0.134. The molecule has 1 atom stereocenters. The van der Waals surface area contributed by atoms with Crippen LogP contribution in [0.5, 0.6) is 0 Å². The van der Waals surface area contributed by atoms with Gasteiger partial charge in [-0.25, -0.2) is 0 Å². The number of nitrogens with zero attached hydrogens (tertiary/aromatic N) is 1. The van der Waals surface area contributed by atoms with Crippen LogP contribution in [0.3, 0.4) is 0 Å². The fraction of sp³-hybridized carbons (Fsp3) is 0.538. The summed E-state index contributed by atoms with van der Waals surface area (Å²) in [5.41, 5.74) is 0.567. The third-order valence-electron chi connectivity index (χ3n) is 3.79. The number of ketones is 1. The second-order valence-corrected chi connectivity index (χ2v) is 4.67. The molecule has 1 aliphatic carbocycles. The van der Waals surface area contributed by atoms with Crippen molar-refractivity contribution in [3.63, 3.8) is 0 Å². The summed E-state index contributed by atoms with van der Waals surface area (Å²) in [5, 5.41) is 0. The monoisotopic (exact) mass is 219 g/mol. The molecule has 1 amide bonds. The van der Waals surface area contributed by atoms with Gasteiger partial charge < -0.3 is 4.90 Å². The van der Waals surface area contributed by atoms with Crippen molar-refractivity contribution in [1.29, 1.82) is 0 Å². The van der Waals surface area contributed by atoms with Crippen LogP contribution < -0.4 is 0 Å². The molecule has 3 heteroatoms. The van der Waals surface area contributed by atoms with E-state index in [0.29, 0.717) is 19.4 Å². The Hall–Kier alpha value is -1.38. The summed E-state index contributed by atoms with van der Waals surface area (Å²) < 4.78 is 0. The van der Waals surface area contributed by atoms with Crippen molar-refractivity contribution >= 4 is 11.7 Å². The van der Waals surface area contributed by atoms with Crippen molar-refractivity contribution in [2.75, 3.05) is 13.1 Å².